The number of nitrogens with zero attached hydrogens (tertiary/aromatic N) is 2. The van der Waals surface area contributed by atoms with Crippen LogP contribution in [-0.4, -0.2) is 50.9 Å². The van der Waals surface area contributed by atoms with Crippen LogP contribution in [0.3, 0.4) is 0 Å². The van der Waals surface area contributed by atoms with E-state index in [0.717, 1.165) is 53.1 Å². The summed E-state index contributed by atoms with van der Waals surface area (Å²) in [5.74, 6) is -0.0477. The van der Waals surface area contributed by atoms with Crippen molar-refractivity contribution in [1.82, 2.24) is 10.2 Å². The zero-order valence-corrected chi connectivity index (χ0v) is 26.4. The van der Waals surface area contributed by atoms with Crippen LogP contribution in [-0.2, 0) is 26.2 Å². The summed E-state index contributed by atoms with van der Waals surface area (Å²) < 4.78 is 34.6. The van der Waals surface area contributed by atoms with Gasteiger partial charge in [-0.25, -0.2) is 8.42 Å². The van der Waals surface area contributed by atoms with Gasteiger partial charge in [-0.1, -0.05) is 62.6 Å². The zero-order chi connectivity index (χ0) is 31.0. The number of rotatable bonds is 12. The summed E-state index contributed by atoms with van der Waals surface area (Å²) in [6.45, 7) is 5.40. The van der Waals surface area contributed by atoms with Gasteiger partial charge in [0.05, 0.1) is 17.7 Å². The first-order chi connectivity index (χ1) is 20.6. The Kier molecular flexibility index (Phi) is 10.9. The van der Waals surface area contributed by atoms with Gasteiger partial charge in [0.15, 0.2) is 0 Å². The van der Waals surface area contributed by atoms with E-state index in [-0.39, 0.29) is 23.4 Å². The molecule has 230 valence electrons. The van der Waals surface area contributed by atoms with Crippen LogP contribution in [0.2, 0.25) is 0 Å². The lowest BCUT2D eigenvalue weighted by Crippen LogP contribution is -2.54. The summed E-state index contributed by atoms with van der Waals surface area (Å²) in [6, 6.07) is 20.1. The second kappa shape index (κ2) is 14.6. The fourth-order valence-electron chi connectivity index (χ4n) is 5.56. The first-order valence-electron chi connectivity index (χ1n) is 15.0. The maximum atomic E-state index is 14.3. The van der Waals surface area contributed by atoms with E-state index in [0.29, 0.717) is 17.9 Å². The average molecular weight is 606 g/mol. The topological polar surface area (TPSA) is 96.0 Å². The molecule has 1 saturated carbocycles. The van der Waals surface area contributed by atoms with Crippen molar-refractivity contribution in [3.8, 4) is 5.75 Å². The molecular formula is C34H43N3O5S. The van der Waals surface area contributed by atoms with Crippen LogP contribution in [0.4, 0.5) is 5.69 Å². The number of aryl methyl sites for hydroxylation is 2. The SMILES string of the molecule is CC[C@H](C(=O)NC1CCCCC1)N(Cc1cccc(OC)c1)C(=O)CN(c1ccc(C)c(C)c1)S(=O)(=O)c1ccccc1. The number of carbonyl (C=O) groups is 2. The Balaban J connectivity index is 1.72. The second-order valence-corrected chi connectivity index (χ2v) is 13.1. The highest BCUT2D eigenvalue weighted by Crippen LogP contribution is 2.27. The number of nitrogens with one attached hydrogen (secondary N) is 1. The van der Waals surface area contributed by atoms with Crippen molar-refractivity contribution in [2.75, 3.05) is 18.0 Å². The van der Waals surface area contributed by atoms with Gasteiger partial charge >= 0.3 is 0 Å². The third-order valence-corrected chi connectivity index (χ3v) is 10.0. The first kappa shape index (κ1) is 32.1. The number of sulfonamides is 1. The van der Waals surface area contributed by atoms with E-state index in [1.807, 2.05) is 51.1 Å². The van der Waals surface area contributed by atoms with Crippen molar-refractivity contribution < 1.29 is 22.7 Å². The Bertz CT molecular complexity index is 1500. The summed E-state index contributed by atoms with van der Waals surface area (Å²) in [6.07, 6.45) is 5.51. The minimum Gasteiger partial charge on any atom is -0.497 e. The summed E-state index contributed by atoms with van der Waals surface area (Å²) in [4.78, 5) is 29.6. The second-order valence-electron chi connectivity index (χ2n) is 11.2. The summed E-state index contributed by atoms with van der Waals surface area (Å²) in [5.41, 5.74) is 3.09. The van der Waals surface area contributed by atoms with E-state index < -0.39 is 28.5 Å². The predicted molar refractivity (Wildman–Crippen MR) is 170 cm³/mol. The molecule has 43 heavy (non-hydrogen) atoms. The van der Waals surface area contributed by atoms with E-state index in [9.17, 15) is 18.0 Å². The molecule has 8 nitrogen and oxygen atoms in total. The van der Waals surface area contributed by atoms with Gasteiger partial charge in [-0.3, -0.25) is 13.9 Å². The Hall–Kier alpha value is -3.85. The number of hydrogen-bond donors (Lipinski definition) is 1. The van der Waals surface area contributed by atoms with E-state index in [4.69, 9.17) is 4.74 Å². The number of amides is 2. The molecule has 9 heteroatoms. The first-order valence-corrected chi connectivity index (χ1v) is 16.5. The minimum absolute atomic E-state index is 0.0783. The lowest BCUT2D eigenvalue weighted by Gasteiger charge is -2.34. The molecule has 0 aliphatic heterocycles. The van der Waals surface area contributed by atoms with E-state index in [2.05, 4.69) is 5.32 Å². The van der Waals surface area contributed by atoms with Crippen LogP contribution in [0.25, 0.3) is 0 Å². The number of ether oxygens (including phenoxy) is 1. The molecule has 1 atom stereocenters. The molecule has 4 rings (SSSR count). The molecule has 2 amide bonds. The molecule has 0 radical (unpaired) electrons. The van der Waals surface area contributed by atoms with Crippen molar-refractivity contribution in [3.05, 3.63) is 89.5 Å². The van der Waals surface area contributed by atoms with Crippen molar-refractivity contribution in [3.63, 3.8) is 0 Å². The molecule has 1 aliphatic carbocycles. The molecule has 1 fully saturated rings. The van der Waals surface area contributed by atoms with Crippen LogP contribution in [0.15, 0.2) is 77.7 Å². The van der Waals surface area contributed by atoms with Gasteiger partial charge in [0.1, 0.15) is 18.3 Å². The quantitative estimate of drug-likeness (QED) is 0.283. The maximum Gasteiger partial charge on any atom is 0.264 e. The Labute approximate surface area is 256 Å². The van der Waals surface area contributed by atoms with Gasteiger partial charge in [0.2, 0.25) is 11.8 Å². The largest absolute Gasteiger partial charge is 0.497 e. The number of carbonyl (C=O) groups excluding carboxylic acids is 2. The molecule has 0 heterocycles. The Morgan fingerprint density at radius 2 is 1.65 bits per heavy atom. The van der Waals surface area contributed by atoms with Crippen molar-refractivity contribution in [2.24, 2.45) is 0 Å². The number of methoxy groups -OCH3 is 1. The van der Waals surface area contributed by atoms with Crippen LogP contribution in [0.1, 0.15) is 62.1 Å². The van der Waals surface area contributed by atoms with Crippen LogP contribution < -0.4 is 14.4 Å². The van der Waals surface area contributed by atoms with Gasteiger partial charge in [0, 0.05) is 12.6 Å². The molecule has 1 aliphatic rings. The zero-order valence-electron chi connectivity index (χ0n) is 25.6. The minimum atomic E-state index is -4.11. The van der Waals surface area contributed by atoms with Gasteiger partial charge < -0.3 is 15.0 Å². The molecule has 0 spiro atoms. The maximum absolute atomic E-state index is 14.3. The fraction of sp³-hybridized carbons (Fsp3) is 0.412. The molecule has 3 aromatic rings. The van der Waals surface area contributed by atoms with Gasteiger partial charge in [-0.05, 0) is 86.2 Å². The highest BCUT2D eigenvalue weighted by Gasteiger charge is 2.34. The smallest absolute Gasteiger partial charge is 0.264 e. The molecule has 3 aromatic carbocycles. The highest BCUT2D eigenvalue weighted by atomic mass is 32.2. The summed E-state index contributed by atoms with van der Waals surface area (Å²) >= 11 is 0. The predicted octanol–water partition coefficient (Wildman–Crippen LogP) is 5.76. The lowest BCUT2D eigenvalue weighted by atomic mass is 9.95. The average Bonchev–Trinajstić information content (AvgIpc) is 3.02. The summed E-state index contributed by atoms with van der Waals surface area (Å²) in [7, 11) is -2.53. The monoisotopic (exact) mass is 605 g/mol. The molecule has 0 aromatic heterocycles. The number of benzene rings is 3. The van der Waals surface area contributed by atoms with Crippen LogP contribution in [0.5, 0.6) is 5.75 Å². The van der Waals surface area contributed by atoms with Gasteiger partial charge in [0.25, 0.3) is 10.0 Å². The van der Waals surface area contributed by atoms with Crippen molar-refractivity contribution in [2.45, 2.75) is 82.8 Å². The molecule has 0 bridgehead atoms. The number of hydrogen-bond acceptors (Lipinski definition) is 5. The van der Waals surface area contributed by atoms with Crippen molar-refractivity contribution >= 4 is 27.5 Å². The molecule has 0 saturated heterocycles. The third-order valence-electron chi connectivity index (χ3n) is 8.21. The van der Waals surface area contributed by atoms with Crippen LogP contribution in [0, 0.1) is 13.8 Å². The van der Waals surface area contributed by atoms with Crippen LogP contribution >= 0.6 is 0 Å². The van der Waals surface area contributed by atoms with Gasteiger partial charge in [-0.15, -0.1) is 0 Å². The van der Waals surface area contributed by atoms with Gasteiger partial charge in [-0.2, -0.15) is 0 Å². The standard InChI is InChI=1S/C34H43N3O5S/c1-5-32(34(39)35-28-14-8-6-9-15-28)36(23-27-13-12-16-30(22-27)42-4)33(38)24-37(29-20-19-25(2)26(3)21-29)43(40,41)31-17-10-7-11-18-31/h7,10-13,16-22,28,32H,5-6,8-9,14-15,23-24H2,1-4H3,(H,35,39)/t32-/m1/s1. The van der Waals surface area contributed by atoms with Crippen molar-refractivity contribution in [1.29, 1.82) is 0 Å². The molecule has 0 unspecified atom stereocenters. The fourth-order valence-corrected chi connectivity index (χ4v) is 6.99. The normalized spacial score (nSPS) is 14.5. The third kappa shape index (κ3) is 7.96. The molecule has 1 N–H and O–H groups in total. The Morgan fingerprint density at radius 3 is 2.30 bits per heavy atom. The van der Waals surface area contributed by atoms with E-state index in [1.165, 1.54) is 17.0 Å². The van der Waals surface area contributed by atoms with E-state index >= 15 is 0 Å². The lowest BCUT2D eigenvalue weighted by molar-refractivity contribution is -0.140. The Morgan fingerprint density at radius 1 is 0.930 bits per heavy atom. The summed E-state index contributed by atoms with van der Waals surface area (Å²) in [5, 5.41) is 3.18. The van der Waals surface area contributed by atoms with E-state index in [1.54, 1.807) is 37.4 Å². The number of anilines is 1. The molecular weight excluding hydrogens is 562 g/mol. The highest BCUT2D eigenvalue weighted by molar-refractivity contribution is 7.92.